The van der Waals surface area contributed by atoms with Crippen LogP contribution in [0.5, 0.6) is 0 Å². The van der Waals surface area contributed by atoms with Crippen LogP contribution in [0.25, 0.3) is 0 Å². The Hall–Kier alpha value is -3.16. The van der Waals surface area contributed by atoms with Crippen LogP contribution in [0, 0.1) is 6.92 Å². The Morgan fingerprint density at radius 3 is 2.85 bits per heavy atom. The lowest BCUT2D eigenvalue weighted by Gasteiger charge is -2.17. The predicted octanol–water partition coefficient (Wildman–Crippen LogP) is 1.22. The maximum atomic E-state index is 12.2. The van der Waals surface area contributed by atoms with E-state index in [4.69, 9.17) is 4.74 Å². The van der Waals surface area contributed by atoms with Gasteiger partial charge in [0.1, 0.15) is 18.0 Å². The van der Waals surface area contributed by atoms with Crippen LogP contribution in [-0.4, -0.2) is 46.0 Å². The fourth-order valence-electron chi connectivity index (χ4n) is 2.76. The minimum absolute atomic E-state index is 0.0410. The van der Waals surface area contributed by atoms with E-state index < -0.39 is 17.6 Å². The van der Waals surface area contributed by atoms with Gasteiger partial charge in [-0.05, 0) is 18.9 Å². The molecular formula is C18H20N4O4. The van der Waals surface area contributed by atoms with Gasteiger partial charge in [-0.3, -0.25) is 9.59 Å². The van der Waals surface area contributed by atoms with Crippen LogP contribution in [0.1, 0.15) is 28.2 Å². The van der Waals surface area contributed by atoms with Gasteiger partial charge in [-0.15, -0.1) is 0 Å². The Morgan fingerprint density at radius 2 is 2.12 bits per heavy atom. The average Bonchev–Trinajstić information content (AvgIpc) is 3.09. The highest BCUT2D eigenvalue weighted by Crippen LogP contribution is 2.12. The number of aromatic nitrogens is 2. The molecule has 0 bridgehead atoms. The van der Waals surface area contributed by atoms with E-state index in [1.54, 1.807) is 11.8 Å². The molecule has 1 aromatic carbocycles. The average molecular weight is 356 g/mol. The van der Waals surface area contributed by atoms with E-state index in [1.807, 2.05) is 30.3 Å². The molecule has 0 saturated carbocycles. The first-order valence-corrected chi connectivity index (χ1v) is 8.35. The number of hydrogen-bond acceptors (Lipinski definition) is 5. The molecule has 1 fully saturated rings. The number of nitrogens with zero attached hydrogens (tertiary/aromatic N) is 2. The van der Waals surface area contributed by atoms with Gasteiger partial charge in [0.2, 0.25) is 0 Å². The third-order valence-electron chi connectivity index (χ3n) is 4.16. The maximum Gasteiger partial charge on any atom is 0.410 e. The van der Waals surface area contributed by atoms with Crippen LogP contribution in [0.15, 0.2) is 41.3 Å². The van der Waals surface area contributed by atoms with Crippen molar-refractivity contribution < 1.29 is 14.3 Å². The van der Waals surface area contributed by atoms with Crippen LogP contribution < -0.4 is 10.9 Å². The minimum atomic E-state index is -0.497. The number of aryl methyl sites for hydroxylation is 1. The largest absolute Gasteiger partial charge is 0.445 e. The van der Waals surface area contributed by atoms with E-state index in [1.165, 1.54) is 6.20 Å². The molecule has 1 aromatic heterocycles. The minimum Gasteiger partial charge on any atom is -0.445 e. The number of carbonyl (C=O) groups is 2. The zero-order chi connectivity index (χ0) is 18.5. The molecule has 1 atom stereocenters. The van der Waals surface area contributed by atoms with Gasteiger partial charge in [-0.2, -0.15) is 0 Å². The standard InChI is InChI=1S/C18H20N4O4/c1-12-19-9-15(16(23)20-12)17(24)21-14-7-8-22(10-14)18(25)26-11-13-5-3-2-4-6-13/h2-6,9,14H,7-8,10-11H2,1H3,(H,21,24)(H,19,20,23). The highest BCUT2D eigenvalue weighted by molar-refractivity contribution is 5.93. The lowest BCUT2D eigenvalue weighted by molar-refractivity contribution is 0.0920. The van der Waals surface area contributed by atoms with E-state index in [-0.39, 0.29) is 18.2 Å². The van der Waals surface area contributed by atoms with Gasteiger partial charge in [0.25, 0.3) is 11.5 Å². The van der Waals surface area contributed by atoms with Gasteiger partial charge < -0.3 is 19.9 Å². The number of H-pyrrole nitrogens is 1. The molecule has 26 heavy (non-hydrogen) atoms. The molecule has 0 radical (unpaired) electrons. The molecule has 2 aromatic rings. The van der Waals surface area contributed by atoms with E-state index in [9.17, 15) is 14.4 Å². The van der Waals surface area contributed by atoms with Gasteiger partial charge in [0.15, 0.2) is 0 Å². The van der Waals surface area contributed by atoms with Crippen molar-refractivity contribution in [3.8, 4) is 0 Å². The molecular weight excluding hydrogens is 336 g/mol. The molecule has 8 heteroatoms. The second-order valence-electron chi connectivity index (χ2n) is 6.16. The van der Waals surface area contributed by atoms with Crippen LogP contribution in [0.2, 0.25) is 0 Å². The number of likely N-dealkylation sites (tertiary alicyclic amines) is 1. The lowest BCUT2D eigenvalue weighted by Crippen LogP contribution is -2.40. The Morgan fingerprint density at radius 1 is 1.35 bits per heavy atom. The SMILES string of the molecule is Cc1ncc(C(=O)NC2CCN(C(=O)OCc3ccccc3)C2)c(=O)[nH]1. The van der Waals surface area contributed by atoms with E-state index in [0.29, 0.717) is 25.3 Å². The van der Waals surface area contributed by atoms with Crippen molar-refractivity contribution in [2.24, 2.45) is 0 Å². The summed E-state index contributed by atoms with van der Waals surface area (Å²) < 4.78 is 5.29. The molecule has 1 aliphatic rings. The third kappa shape index (κ3) is 4.27. The summed E-state index contributed by atoms with van der Waals surface area (Å²) in [7, 11) is 0. The van der Waals surface area contributed by atoms with Gasteiger partial charge in [0, 0.05) is 25.3 Å². The van der Waals surface area contributed by atoms with Crippen molar-refractivity contribution in [1.82, 2.24) is 20.2 Å². The highest BCUT2D eigenvalue weighted by Gasteiger charge is 2.29. The first-order chi connectivity index (χ1) is 12.5. The van der Waals surface area contributed by atoms with Crippen LogP contribution in [0.4, 0.5) is 4.79 Å². The normalized spacial score (nSPS) is 16.3. The predicted molar refractivity (Wildman–Crippen MR) is 93.7 cm³/mol. The topological polar surface area (TPSA) is 104 Å². The summed E-state index contributed by atoms with van der Waals surface area (Å²) >= 11 is 0. The summed E-state index contributed by atoms with van der Waals surface area (Å²) in [5.74, 6) is -0.0528. The summed E-state index contributed by atoms with van der Waals surface area (Å²) in [6.45, 7) is 2.67. The van der Waals surface area contributed by atoms with Crippen LogP contribution in [0.3, 0.4) is 0 Å². The van der Waals surface area contributed by atoms with Crippen molar-refractivity contribution >= 4 is 12.0 Å². The van der Waals surface area contributed by atoms with Gasteiger partial charge in [-0.1, -0.05) is 30.3 Å². The summed E-state index contributed by atoms with van der Waals surface area (Å²) in [4.78, 5) is 44.1. The van der Waals surface area contributed by atoms with Gasteiger partial charge >= 0.3 is 6.09 Å². The Kier molecular flexibility index (Phi) is 5.31. The van der Waals surface area contributed by atoms with E-state index in [2.05, 4.69) is 15.3 Å². The second-order valence-corrected chi connectivity index (χ2v) is 6.16. The molecule has 3 rings (SSSR count). The number of rotatable bonds is 4. The Bertz CT molecular complexity index is 850. The fraction of sp³-hybridized carbons (Fsp3) is 0.333. The summed E-state index contributed by atoms with van der Waals surface area (Å²) in [6, 6.07) is 9.19. The smallest absolute Gasteiger partial charge is 0.410 e. The molecule has 2 heterocycles. The molecule has 8 nitrogen and oxygen atoms in total. The quantitative estimate of drug-likeness (QED) is 0.857. The lowest BCUT2D eigenvalue weighted by atomic mass is 10.2. The second kappa shape index (κ2) is 7.81. The highest BCUT2D eigenvalue weighted by atomic mass is 16.6. The summed E-state index contributed by atoms with van der Waals surface area (Å²) in [5, 5.41) is 2.77. The van der Waals surface area contributed by atoms with Crippen molar-refractivity contribution in [2.75, 3.05) is 13.1 Å². The monoisotopic (exact) mass is 356 g/mol. The first-order valence-electron chi connectivity index (χ1n) is 8.35. The van der Waals surface area contributed by atoms with Crippen LogP contribution in [-0.2, 0) is 11.3 Å². The molecule has 0 spiro atoms. The van der Waals surface area contributed by atoms with Gasteiger partial charge in [-0.25, -0.2) is 9.78 Å². The third-order valence-corrected chi connectivity index (χ3v) is 4.16. The summed E-state index contributed by atoms with van der Waals surface area (Å²) in [5.41, 5.74) is 0.392. The maximum absolute atomic E-state index is 12.2. The van der Waals surface area contributed by atoms with Crippen molar-refractivity contribution in [1.29, 1.82) is 0 Å². The number of aromatic amines is 1. The zero-order valence-electron chi connectivity index (χ0n) is 14.4. The Balaban J connectivity index is 1.51. The number of amides is 2. The van der Waals surface area contributed by atoms with Crippen molar-refractivity contribution in [3.63, 3.8) is 0 Å². The van der Waals surface area contributed by atoms with E-state index >= 15 is 0 Å². The van der Waals surface area contributed by atoms with Gasteiger partial charge in [0.05, 0.1) is 0 Å². The molecule has 1 unspecified atom stereocenters. The number of nitrogens with one attached hydrogen (secondary N) is 2. The molecule has 2 amide bonds. The number of benzene rings is 1. The Labute approximate surface area is 150 Å². The summed E-state index contributed by atoms with van der Waals surface area (Å²) in [6.07, 6.45) is 1.44. The number of hydrogen-bond donors (Lipinski definition) is 2. The molecule has 136 valence electrons. The van der Waals surface area contributed by atoms with Crippen molar-refractivity contribution in [2.45, 2.75) is 26.0 Å². The fourth-order valence-corrected chi connectivity index (χ4v) is 2.76. The van der Waals surface area contributed by atoms with E-state index in [0.717, 1.165) is 5.56 Å². The molecule has 0 aliphatic carbocycles. The molecule has 1 aliphatic heterocycles. The number of carbonyl (C=O) groups excluding carboxylic acids is 2. The van der Waals surface area contributed by atoms with Crippen LogP contribution >= 0.6 is 0 Å². The molecule has 2 N–H and O–H groups in total. The van der Waals surface area contributed by atoms with Crippen molar-refractivity contribution in [3.05, 3.63) is 63.8 Å². The molecule has 1 saturated heterocycles. The first kappa shape index (κ1) is 17.7. The zero-order valence-corrected chi connectivity index (χ0v) is 14.4. The number of ether oxygens (including phenoxy) is 1.